The van der Waals surface area contributed by atoms with Gasteiger partial charge < -0.3 is 27.0 Å². The van der Waals surface area contributed by atoms with E-state index in [1.165, 1.54) is 0 Å². The molecule has 2 rings (SSSR count). The van der Waals surface area contributed by atoms with Gasteiger partial charge in [-0.15, -0.1) is 0 Å². The van der Waals surface area contributed by atoms with Crippen molar-refractivity contribution in [1.82, 2.24) is 10.6 Å². The maximum absolute atomic E-state index is 5.86. The van der Waals surface area contributed by atoms with Gasteiger partial charge in [-0.2, -0.15) is 42.3 Å². The van der Waals surface area contributed by atoms with Crippen LogP contribution >= 0.6 is 0 Å². The Morgan fingerprint density at radius 2 is 1.52 bits per heavy atom. The first kappa shape index (κ1) is 30.2. The SMILES string of the molecule is [CH2-]C(C)CNCC(C)(C)CNCC(COC)COc1ccccc1.[U+2].[c-]1ccccc1. The van der Waals surface area contributed by atoms with Crippen LogP contribution in [0, 0.1) is 61.4 Å². The molecule has 170 valence electrons. The number of methoxy groups -OCH3 is 1. The van der Waals surface area contributed by atoms with Crippen molar-refractivity contribution in [3.63, 3.8) is 0 Å². The van der Waals surface area contributed by atoms with Gasteiger partial charge in [-0.25, -0.2) is 0 Å². The number of hydrogen-bond acceptors (Lipinski definition) is 4. The third-order valence-corrected chi connectivity index (χ3v) is 4.37. The van der Waals surface area contributed by atoms with Gasteiger partial charge in [0, 0.05) is 32.7 Å². The van der Waals surface area contributed by atoms with Gasteiger partial charge in [0.25, 0.3) is 0 Å². The van der Waals surface area contributed by atoms with E-state index < -0.39 is 0 Å². The Hall–Kier alpha value is -0.828. The standard InChI is InChI=1S/C20H35N2O2.C6H5.U/c1-17(2)11-21-15-20(3,4)16-22-12-18(13-23-5)14-24-19-9-7-6-8-10-19;1-2-4-6-5-3-1;/h6-10,17-18,21-22H,1,11-16H2,2-5H3;1-5H;/q2*-1;+2. The van der Waals surface area contributed by atoms with E-state index >= 15 is 0 Å². The number of rotatable bonds is 13. The summed E-state index contributed by atoms with van der Waals surface area (Å²) in [4.78, 5) is 0. The molecule has 0 heterocycles. The Balaban J connectivity index is 0.00000110. The van der Waals surface area contributed by atoms with E-state index in [1.54, 1.807) is 7.11 Å². The largest absolute Gasteiger partial charge is 2.00 e. The average Bonchev–Trinajstić information content (AvgIpc) is 2.74. The van der Waals surface area contributed by atoms with Gasteiger partial charge in [0.15, 0.2) is 0 Å². The van der Waals surface area contributed by atoms with E-state index in [2.05, 4.69) is 44.4 Å². The van der Waals surface area contributed by atoms with Crippen molar-refractivity contribution in [1.29, 1.82) is 0 Å². The first-order chi connectivity index (χ1) is 14.4. The monoisotopic (exact) mass is 650 g/mol. The molecule has 0 saturated heterocycles. The second kappa shape index (κ2) is 18.7. The topological polar surface area (TPSA) is 42.5 Å². The number of nitrogens with one attached hydrogen (secondary N) is 2. The summed E-state index contributed by atoms with van der Waals surface area (Å²) in [6, 6.07) is 22.4. The van der Waals surface area contributed by atoms with Crippen molar-refractivity contribution in [2.45, 2.75) is 20.8 Å². The summed E-state index contributed by atoms with van der Waals surface area (Å²) in [5.41, 5.74) is 0.201. The van der Waals surface area contributed by atoms with Gasteiger partial charge in [0.1, 0.15) is 5.75 Å². The van der Waals surface area contributed by atoms with Crippen molar-refractivity contribution < 1.29 is 40.6 Å². The normalized spacial score (nSPS) is 12.7. The minimum Gasteiger partial charge on any atom is -0.493 e. The maximum Gasteiger partial charge on any atom is 2.00 e. The molecule has 2 aromatic rings. The second-order valence-corrected chi connectivity index (χ2v) is 8.55. The molecule has 2 atom stereocenters. The summed E-state index contributed by atoms with van der Waals surface area (Å²) in [5, 5.41) is 7.05. The van der Waals surface area contributed by atoms with Crippen LogP contribution in [0.5, 0.6) is 5.75 Å². The van der Waals surface area contributed by atoms with Crippen LogP contribution in [-0.4, -0.2) is 46.5 Å². The molecule has 0 aliphatic rings. The van der Waals surface area contributed by atoms with Gasteiger partial charge in [0.05, 0.1) is 13.2 Å². The first-order valence-corrected chi connectivity index (χ1v) is 10.8. The second-order valence-electron chi connectivity index (χ2n) is 8.55. The maximum atomic E-state index is 5.86. The van der Waals surface area contributed by atoms with Gasteiger partial charge in [0.2, 0.25) is 0 Å². The molecule has 0 amide bonds. The molecule has 0 aliphatic carbocycles. The van der Waals surface area contributed by atoms with Crippen LogP contribution in [0.25, 0.3) is 0 Å². The summed E-state index contributed by atoms with van der Waals surface area (Å²) in [7, 11) is 1.74. The molecule has 0 fully saturated rings. The molecule has 2 N–H and O–H groups in total. The molecule has 0 aliphatic heterocycles. The molecule has 31 heavy (non-hydrogen) atoms. The summed E-state index contributed by atoms with van der Waals surface area (Å²) in [6.07, 6.45) is 0. The summed E-state index contributed by atoms with van der Waals surface area (Å²) in [6.45, 7) is 15.8. The molecule has 0 bridgehead atoms. The van der Waals surface area contributed by atoms with Crippen LogP contribution in [0.3, 0.4) is 0 Å². The molecule has 4 nitrogen and oxygen atoms in total. The molecular weight excluding hydrogens is 610 g/mol. The third kappa shape index (κ3) is 17.4. The first-order valence-electron chi connectivity index (χ1n) is 10.8. The van der Waals surface area contributed by atoms with E-state index in [0.29, 0.717) is 25.0 Å². The molecule has 0 saturated carbocycles. The predicted octanol–water partition coefficient (Wildman–Crippen LogP) is 4.49. The van der Waals surface area contributed by atoms with Gasteiger partial charge >= 0.3 is 31.1 Å². The number of ether oxygens (including phenoxy) is 2. The number of para-hydroxylation sites is 1. The zero-order valence-electron chi connectivity index (χ0n) is 19.7. The Morgan fingerprint density at radius 3 is 2.00 bits per heavy atom. The Morgan fingerprint density at radius 1 is 0.935 bits per heavy atom. The number of benzene rings is 2. The van der Waals surface area contributed by atoms with Crippen molar-refractivity contribution in [2.24, 2.45) is 17.3 Å². The summed E-state index contributed by atoms with van der Waals surface area (Å²) >= 11 is 0. The van der Waals surface area contributed by atoms with Crippen LogP contribution in [0.2, 0.25) is 0 Å². The zero-order chi connectivity index (χ0) is 22.1. The fraction of sp³-hybridized carbons (Fsp3) is 0.500. The van der Waals surface area contributed by atoms with Crippen molar-refractivity contribution in [2.75, 3.05) is 46.5 Å². The zero-order valence-corrected chi connectivity index (χ0v) is 23.9. The third-order valence-electron chi connectivity index (χ3n) is 4.37. The van der Waals surface area contributed by atoms with Crippen LogP contribution in [0.15, 0.2) is 60.7 Å². The molecule has 2 aromatic carbocycles. The van der Waals surface area contributed by atoms with E-state index in [0.717, 1.165) is 31.9 Å². The molecule has 0 aromatic heterocycles. The van der Waals surface area contributed by atoms with E-state index in [1.807, 2.05) is 60.7 Å². The van der Waals surface area contributed by atoms with Crippen LogP contribution in [0.4, 0.5) is 0 Å². The van der Waals surface area contributed by atoms with Crippen LogP contribution in [0.1, 0.15) is 20.8 Å². The number of hydrogen-bond donors (Lipinski definition) is 2. The molecule has 0 radical (unpaired) electrons. The predicted molar refractivity (Wildman–Crippen MR) is 127 cm³/mol. The van der Waals surface area contributed by atoms with E-state index in [9.17, 15) is 0 Å². The molecule has 2 unspecified atom stereocenters. The van der Waals surface area contributed by atoms with E-state index in [-0.39, 0.29) is 36.5 Å². The summed E-state index contributed by atoms with van der Waals surface area (Å²) in [5.74, 6) is 1.68. The summed E-state index contributed by atoms with van der Waals surface area (Å²) < 4.78 is 11.2. The van der Waals surface area contributed by atoms with Crippen molar-refractivity contribution >= 4 is 0 Å². The van der Waals surface area contributed by atoms with Crippen molar-refractivity contribution in [3.8, 4) is 5.75 Å². The average molecular weight is 651 g/mol. The Labute approximate surface area is 214 Å². The van der Waals surface area contributed by atoms with Gasteiger partial charge in [-0.1, -0.05) is 39.0 Å². The Bertz CT molecular complexity index is 597. The van der Waals surface area contributed by atoms with Crippen LogP contribution in [-0.2, 0) is 4.74 Å². The van der Waals surface area contributed by atoms with Gasteiger partial charge in [-0.3, -0.25) is 0 Å². The quantitative estimate of drug-likeness (QED) is 0.314. The van der Waals surface area contributed by atoms with Crippen LogP contribution < -0.4 is 15.4 Å². The van der Waals surface area contributed by atoms with Gasteiger partial charge in [-0.05, 0) is 24.1 Å². The molecular formula is C26H40N2O2U. The van der Waals surface area contributed by atoms with E-state index in [4.69, 9.17) is 9.47 Å². The van der Waals surface area contributed by atoms with Crippen molar-refractivity contribution in [3.05, 3.63) is 73.7 Å². The molecule has 0 spiro atoms. The Kier molecular flexibility index (Phi) is 18.2. The fourth-order valence-electron chi connectivity index (χ4n) is 2.81. The minimum absolute atomic E-state index is 0. The molecule has 5 heteroatoms. The minimum atomic E-state index is 0. The smallest absolute Gasteiger partial charge is 0.493 e. The fourth-order valence-corrected chi connectivity index (χ4v) is 2.81.